The van der Waals surface area contributed by atoms with Gasteiger partial charge in [0, 0.05) is 5.69 Å². The number of thioether (sulfide) groups is 1. The third-order valence-electron chi connectivity index (χ3n) is 3.50. The van der Waals surface area contributed by atoms with E-state index in [1.165, 1.54) is 0 Å². The van der Waals surface area contributed by atoms with E-state index < -0.39 is 5.91 Å². The summed E-state index contributed by atoms with van der Waals surface area (Å²) in [7, 11) is 0. The van der Waals surface area contributed by atoms with Gasteiger partial charge in [-0.3, -0.25) is 19.7 Å². The van der Waals surface area contributed by atoms with Crippen molar-refractivity contribution in [2.75, 3.05) is 11.9 Å². The highest BCUT2D eigenvalue weighted by atomic mass is 32.2. The first kappa shape index (κ1) is 17.8. The predicted octanol–water partition coefficient (Wildman–Crippen LogP) is 3.34. The highest BCUT2D eigenvalue weighted by molar-refractivity contribution is 8.18. The number of amides is 3. The Morgan fingerprint density at radius 1 is 1.19 bits per heavy atom. The molecule has 0 saturated carbocycles. The largest absolute Gasteiger partial charge is 0.484 e. The fourth-order valence-corrected chi connectivity index (χ4v) is 2.93. The van der Waals surface area contributed by atoms with Gasteiger partial charge in [-0.05, 0) is 54.6 Å². The molecule has 2 aromatic rings. The van der Waals surface area contributed by atoms with E-state index in [1.54, 1.807) is 30.3 Å². The molecule has 26 heavy (non-hydrogen) atoms. The second kappa shape index (κ2) is 7.88. The van der Waals surface area contributed by atoms with E-state index >= 15 is 0 Å². The number of anilines is 1. The molecule has 1 aliphatic rings. The van der Waals surface area contributed by atoms with E-state index in [0.717, 1.165) is 17.3 Å². The molecule has 0 radical (unpaired) electrons. The summed E-state index contributed by atoms with van der Waals surface area (Å²) >= 11 is 0.851. The summed E-state index contributed by atoms with van der Waals surface area (Å²) in [5.41, 5.74) is 2.52. The molecular formula is C19H16N2O4S. The van der Waals surface area contributed by atoms with Gasteiger partial charge < -0.3 is 10.1 Å². The van der Waals surface area contributed by atoms with Gasteiger partial charge in [0.1, 0.15) is 5.75 Å². The summed E-state index contributed by atoms with van der Waals surface area (Å²) in [6.07, 6.45) is 1.60. The maximum Gasteiger partial charge on any atom is 0.290 e. The first-order valence-electron chi connectivity index (χ1n) is 7.84. The molecule has 1 saturated heterocycles. The van der Waals surface area contributed by atoms with Crippen molar-refractivity contribution < 1.29 is 19.1 Å². The van der Waals surface area contributed by atoms with Crippen LogP contribution in [0.1, 0.15) is 11.1 Å². The number of carbonyl (C=O) groups is 3. The number of benzene rings is 2. The second-order valence-electron chi connectivity index (χ2n) is 5.63. The number of nitrogens with one attached hydrogen (secondary N) is 2. The topological polar surface area (TPSA) is 84.5 Å². The highest BCUT2D eigenvalue weighted by Crippen LogP contribution is 2.26. The zero-order valence-electron chi connectivity index (χ0n) is 13.9. The zero-order valence-corrected chi connectivity index (χ0v) is 14.8. The number of hydrogen-bond acceptors (Lipinski definition) is 5. The second-order valence-corrected chi connectivity index (χ2v) is 6.64. The third kappa shape index (κ3) is 4.73. The number of aryl methyl sites for hydroxylation is 1. The fourth-order valence-electron chi connectivity index (χ4n) is 2.25. The Morgan fingerprint density at radius 3 is 2.65 bits per heavy atom. The van der Waals surface area contributed by atoms with E-state index in [1.807, 2.05) is 31.2 Å². The van der Waals surface area contributed by atoms with Crippen LogP contribution in [0.25, 0.3) is 6.08 Å². The number of ether oxygens (including phenoxy) is 1. The van der Waals surface area contributed by atoms with Crippen molar-refractivity contribution >= 4 is 40.6 Å². The van der Waals surface area contributed by atoms with Gasteiger partial charge in [-0.25, -0.2) is 0 Å². The Hall–Kier alpha value is -3.06. The van der Waals surface area contributed by atoms with Crippen molar-refractivity contribution in [3.63, 3.8) is 0 Å². The lowest BCUT2D eigenvalue weighted by Crippen LogP contribution is -2.20. The molecule has 0 aliphatic carbocycles. The standard InChI is InChI=1S/C19H16N2O4S/c1-12-5-7-14(8-6-12)20-17(22)11-25-15-4-2-3-13(9-15)10-16-18(23)21-19(24)26-16/h2-10H,11H2,1H3,(H,20,22)(H,21,23,24)/b16-10-. The first-order chi connectivity index (χ1) is 12.5. The highest BCUT2D eigenvalue weighted by Gasteiger charge is 2.24. The van der Waals surface area contributed by atoms with Gasteiger partial charge in [-0.15, -0.1) is 0 Å². The first-order valence-corrected chi connectivity index (χ1v) is 8.65. The smallest absolute Gasteiger partial charge is 0.290 e. The maximum atomic E-state index is 12.0. The normalized spacial score (nSPS) is 15.0. The summed E-state index contributed by atoms with van der Waals surface area (Å²) in [5.74, 6) is -0.189. The van der Waals surface area contributed by atoms with Crippen LogP contribution in [0.4, 0.5) is 10.5 Å². The zero-order chi connectivity index (χ0) is 18.5. The molecule has 1 fully saturated rings. The molecular weight excluding hydrogens is 352 g/mol. The Labute approximate surface area is 154 Å². The van der Waals surface area contributed by atoms with Crippen molar-refractivity contribution in [2.45, 2.75) is 6.92 Å². The van der Waals surface area contributed by atoms with Crippen LogP contribution in [-0.2, 0) is 9.59 Å². The molecule has 3 rings (SSSR count). The van der Waals surface area contributed by atoms with Crippen LogP contribution in [0.5, 0.6) is 5.75 Å². The van der Waals surface area contributed by atoms with Crippen LogP contribution in [0.2, 0.25) is 0 Å². The average molecular weight is 368 g/mol. The molecule has 7 heteroatoms. The quantitative estimate of drug-likeness (QED) is 0.791. The van der Waals surface area contributed by atoms with Crippen LogP contribution in [-0.4, -0.2) is 23.7 Å². The maximum absolute atomic E-state index is 12.0. The molecule has 3 amide bonds. The van der Waals surface area contributed by atoms with Gasteiger partial charge in [0.25, 0.3) is 17.1 Å². The van der Waals surface area contributed by atoms with Gasteiger partial charge >= 0.3 is 0 Å². The summed E-state index contributed by atoms with van der Waals surface area (Å²) in [6, 6.07) is 14.4. The molecule has 0 aromatic heterocycles. The minimum atomic E-state index is -0.413. The van der Waals surface area contributed by atoms with E-state index in [2.05, 4.69) is 10.6 Å². The number of carbonyl (C=O) groups excluding carboxylic acids is 3. The number of imide groups is 1. The van der Waals surface area contributed by atoms with Crippen LogP contribution < -0.4 is 15.4 Å². The van der Waals surface area contributed by atoms with E-state index in [9.17, 15) is 14.4 Å². The van der Waals surface area contributed by atoms with Gasteiger partial charge in [0.05, 0.1) is 4.91 Å². The summed E-state index contributed by atoms with van der Waals surface area (Å²) in [4.78, 5) is 35.1. The lowest BCUT2D eigenvalue weighted by molar-refractivity contribution is -0.118. The molecule has 0 atom stereocenters. The van der Waals surface area contributed by atoms with Crippen LogP contribution in [0.3, 0.4) is 0 Å². The van der Waals surface area contributed by atoms with Crippen molar-refractivity contribution in [3.05, 3.63) is 64.6 Å². The van der Waals surface area contributed by atoms with Crippen molar-refractivity contribution in [1.82, 2.24) is 5.32 Å². The monoisotopic (exact) mass is 368 g/mol. The molecule has 0 spiro atoms. The Bertz CT molecular complexity index is 891. The van der Waals surface area contributed by atoms with E-state index in [4.69, 9.17) is 4.74 Å². The number of rotatable bonds is 5. The van der Waals surface area contributed by atoms with E-state index in [0.29, 0.717) is 21.9 Å². The average Bonchev–Trinajstić information content (AvgIpc) is 2.93. The summed E-state index contributed by atoms with van der Waals surface area (Å²) in [6.45, 7) is 1.84. The van der Waals surface area contributed by atoms with Gasteiger partial charge in [-0.2, -0.15) is 0 Å². The molecule has 1 heterocycles. The Kier molecular flexibility index (Phi) is 5.38. The van der Waals surface area contributed by atoms with Crippen molar-refractivity contribution in [3.8, 4) is 5.75 Å². The van der Waals surface area contributed by atoms with Crippen LogP contribution in [0.15, 0.2) is 53.4 Å². The lowest BCUT2D eigenvalue weighted by Gasteiger charge is -2.08. The van der Waals surface area contributed by atoms with Gasteiger partial charge in [-0.1, -0.05) is 29.8 Å². The molecule has 2 N–H and O–H groups in total. The Balaban J connectivity index is 1.59. The minimum absolute atomic E-state index is 0.137. The van der Waals surface area contributed by atoms with Gasteiger partial charge in [0.15, 0.2) is 6.61 Å². The molecule has 1 aliphatic heterocycles. The predicted molar refractivity (Wildman–Crippen MR) is 101 cm³/mol. The molecule has 132 valence electrons. The fraction of sp³-hybridized carbons (Fsp3) is 0.105. The summed E-state index contributed by atoms with van der Waals surface area (Å²) in [5, 5.41) is 4.57. The Morgan fingerprint density at radius 2 is 1.96 bits per heavy atom. The van der Waals surface area contributed by atoms with Crippen molar-refractivity contribution in [2.24, 2.45) is 0 Å². The lowest BCUT2D eigenvalue weighted by atomic mass is 10.2. The van der Waals surface area contributed by atoms with Crippen LogP contribution >= 0.6 is 11.8 Å². The minimum Gasteiger partial charge on any atom is -0.484 e. The van der Waals surface area contributed by atoms with E-state index in [-0.39, 0.29) is 17.8 Å². The molecule has 2 aromatic carbocycles. The number of hydrogen-bond donors (Lipinski definition) is 2. The SMILES string of the molecule is Cc1ccc(NC(=O)COc2cccc(/C=C3\SC(=O)NC3=O)c2)cc1. The molecule has 0 bridgehead atoms. The molecule has 6 nitrogen and oxygen atoms in total. The van der Waals surface area contributed by atoms with Crippen LogP contribution in [0, 0.1) is 6.92 Å². The molecule has 0 unspecified atom stereocenters. The van der Waals surface area contributed by atoms with Crippen molar-refractivity contribution in [1.29, 1.82) is 0 Å². The summed E-state index contributed by atoms with van der Waals surface area (Å²) < 4.78 is 5.50. The third-order valence-corrected chi connectivity index (χ3v) is 4.31. The van der Waals surface area contributed by atoms with Gasteiger partial charge in [0.2, 0.25) is 0 Å².